The van der Waals surface area contributed by atoms with E-state index in [0.29, 0.717) is 31.9 Å². The topological polar surface area (TPSA) is 125 Å². The fourth-order valence-electron chi connectivity index (χ4n) is 3.61. The number of aromatic nitrogens is 2. The summed E-state index contributed by atoms with van der Waals surface area (Å²) >= 11 is 0. The molecule has 11 heteroatoms. The highest BCUT2D eigenvalue weighted by molar-refractivity contribution is 7.92. The molecule has 3 aromatic rings. The second kappa shape index (κ2) is 9.96. The summed E-state index contributed by atoms with van der Waals surface area (Å²) in [6.45, 7) is 3.98. The summed E-state index contributed by atoms with van der Waals surface area (Å²) < 4.78 is 33.2. The van der Waals surface area contributed by atoms with Crippen LogP contribution in [0, 0.1) is 0 Å². The van der Waals surface area contributed by atoms with Crippen molar-refractivity contribution in [2.45, 2.75) is 17.9 Å². The highest BCUT2D eigenvalue weighted by Gasteiger charge is 2.26. The molecule has 0 aliphatic carbocycles. The van der Waals surface area contributed by atoms with Gasteiger partial charge >= 0.3 is 0 Å². The molecule has 2 aromatic carbocycles. The summed E-state index contributed by atoms with van der Waals surface area (Å²) in [4.78, 5) is 24.4. The zero-order valence-corrected chi connectivity index (χ0v) is 19.4. The summed E-state index contributed by atoms with van der Waals surface area (Å²) in [5, 5.41) is 9.36. The number of ether oxygens (including phenoxy) is 1. The number of benzene rings is 2. The van der Waals surface area contributed by atoms with Gasteiger partial charge in [-0.2, -0.15) is 0 Å². The summed E-state index contributed by atoms with van der Waals surface area (Å²) in [5.41, 5.74) is 0.876. The summed E-state index contributed by atoms with van der Waals surface area (Å²) in [5.74, 6) is 0.741. The van der Waals surface area contributed by atoms with E-state index in [-0.39, 0.29) is 22.4 Å². The van der Waals surface area contributed by atoms with Gasteiger partial charge in [0, 0.05) is 38.1 Å². The molecular formula is C23H25N5O5S. The summed E-state index contributed by atoms with van der Waals surface area (Å²) in [6, 6.07) is 14.3. The van der Waals surface area contributed by atoms with Crippen LogP contribution in [0.15, 0.2) is 72.0 Å². The minimum absolute atomic E-state index is 0.107. The molecule has 4 rings (SSSR count). The molecule has 0 saturated carbocycles. The SMILES string of the molecule is CC(Oc1ccc(O)cc1)C(=O)N1CCN(c2ccc(S(=O)(=O)Nc3ccncn3)cc2)CC1. The average Bonchev–Trinajstić information content (AvgIpc) is 2.85. The molecule has 34 heavy (non-hydrogen) atoms. The molecule has 1 unspecified atom stereocenters. The fourth-order valence-corrected chi connectivity index (χ4v) is 4.61. The van der Waals surface area contributed by atoms with Gasteiger partial charge < -0.3 is 19.6 Å². The number of nitrogens with zero attached hydrogens (tertiary/aromatic N) is 4. The molecule has 2 N–H and O–H groups in total. The van der Waals surface area contributed by atoms with Crippen molar-refractivity contribution in [3.05, 3.63) is 67.1 Å². The zero-order valence-electron chi connectivity index (χ0n) is 18.5. The van der Waals surface area contributed by atoms with Crippen LogP contribution >= 0.6 is 0 Å². The fraction of sp³-hybridized carbons (Fsp3) is 0.261. The van der Waals surface area contributed by atoms with E-state index >= 15 is 0 Å². The summed E-state index contributed by atoms with van der Waals surface area (Å²) in [6.07, 6.45) is 2.08. The maximum absolute atomic E-state index is 12.8. The van der Waals surface area contributed by atoms with E-state index < -0.39 is 16.1 Å². The lowest BCUT2D eigenvalue weighted by molar-refractivity contribution is -0.138. The quantitative estimate of drug-likeness (QED) is 0.523. The average molecular weight is 484 g/mol. The Labute approximate surface area is 197 Å². The van der Waals surface area contributed by atoms with Crippen molar-refractivity contribution in [3.8, 4) is 11.5 Å². The van der Waals surface area contributed by atoms with E-state index in [1.807, 2.05) is 0 Å². The molecule has 0 radical (unpaired) electrons. The number of rotatable bonds is 7. The van der Waals surface area contributed by atoms with Crippen LogP contribution in [0.1, 0.15) is 6.92 Å². The number of anilines is 2. The van der Waals surface area contributed by atoms with Crippen LogP contribution in [-0.4, -0.2) is 66.6 Å². The van der Waals surface area contributed by atoms with Crippen LogP contribution in [-0.2, 0) is 14.8 Å². The van der Waals surface area contributed by atoms with E-state index in [0.717, 1.165) is 5.69 Å². The van der Waals surface area contributed by atoms with Crippen LogP contribution in [0.2, 0.25) is 0 Å². The van der Waals surface area contributed by atoms with E-state index in [9.17, 15) is 18.3 Å². The highest BCUT2D eigenvalue weighted by atomic mass is 32.2. The number of phenolic OH excluding ortho intramolecular Hbond substituents is 1. The Morgan fingerprint density at radius 1 is 1.03 bits per heavy atom. The molecule has 1 amide bonds. The van der Waals surface area contributed by atoms with E-state index in [2.05, 4.69) is 19.6 Å². The Morgan fingerprint density at radius 3 is 2.32 bits per heavy atom. The number of nitrogens with one attached hydrogen (secondary N) is 1. The van der Waals surface area contributed by atoms with Crippen LogP contribution in [0.5, 0.6) is 11.5 Å². The number of carbonyl (C=O) groups is 1. The first-order valence-electron chi connectivity index (χ1n) is 10.7. The minimum Gasteiger partial charge on any atom is -0.508 e. The predicted molar refractivity (Wildman–Crippen MR) is 126 cm³/mol. The largest absolute Gasteiger partial charge is 0.508 e. The molecule has 1 aliphatic rings. The third-order valence-electron chi connectivity index (χ3n) is 5.42. The van der Waals surface area contributed by atoms with Crippen LogP contribution in [0.3, 0.4) is 0 Å². The first-order chi connectivity index (χ1) is 16.3. The van der Waals surface area contributed by atoms with Gasteiger partial charge in [-0.1, -0.05) is 0 Å². The number of hydrogen-bond acceptors (Lipinski definition) is 8. The van der Waals surface area contributed by atoms with Crippen molar-refractivity contribution in [2.24, 2.45) is 0 Å². The van der Waals surface area contributed by atoms with Gasteiger partial charge in [-0.3, -0.25) is 9.52 Å². The van der Waals surface area contributed by atoms with Gasteiger partial charge in [0.05, 0.1) is 4.90 Å². The van der Waals surface area contributed by atoms with Gasteiger partial charge in [0.15, 0.2) is 6.10 Å². The van der Waals surface area contributed by atoms with Crippen molar-refractivity contribution in [1.29, 1.82) is 0 Å². The zero-order chi connectivity index (χ0) is 24.1. The van der Waals surface area contributed by atoms with Gasteiger partial charge in [0.25, 0.3) is 15.9 Å². The minimum atomic E-state index is -3.76. The van der Waals surface area contributed by atoms with Gasteiger partial charge in [-0.15, -0.1) is 0 Å². The van der Waals surface area contributed by atoms with Gasteiger partial charge in [0.1, 0.15) is 23.6 Å². The maximum Gasteiger partial charge on any atom is 0.263 e. The number of aromatic hydroxyl groups is 1. The predicted octanol–water partition coefficient (Wildman–Crippen LogP) is 2.10. The van der Waals surface area contributed by atoms with E-state index in [1.165, 1.54) is 30.7 Å². The van der Waals surface area contributed by atoms with Crippen molar-refractivity contribution in [1.82, 2.24) is 14.9 Å². The van der Waals surface area contributed by atoms with Gasteiger partial charge in [0.2, 0.25) is 0 Å². The smallest absolute Gasteiger partial charge is 0.263 e. The van der Waals surface area contributed by atoms with Crippen LogP contribution in [0.25, 0.3) is 0 Å². The first-order valence-corrected chi connectivity index (χ1v) is 12.2. The Bertz CT molecular complexity index is 1210. The molecule has 1 saturated heterocycles. The number of sulfonamides is 1. The Kier molecular flexibility index (Phi) is 6.82. The lowest BCUT2D eigenvalue weighted by Crippen LogP contribution is -2.52. The number of hydrogen-bond donors (Lipinski definition) is 2. The molecule has 1 aliphatic heterocycles. The van der Waals surface area contributed by atoms with Gasteiger partial charge in [-0.25, -0.2) is 18.4 Å². The second-order valence-corrected chi connectivity index (χ2v) is 9.44. The number of carbonyl (C=O) groups excluding carboxylic acids is 1. The van der Waals surface area contributed by atoms with Crippen molar-refractivity contribution >= 4 is 27.4 Å². The standard InChI is InChI=1S/C23H25N5O5S/c1-17(33-20-6-4-19(29)5-7-20)23(30)28-14-12-27(13-15-28)18-2-8-21(9-3-18)34(31,32)26-22-10-11-24-16-25-22/h2-11,16-17,29H,12-15H2,1H3,(H,24,25,26). The van der Waals surface area contributed by atoms with Crippen molar-refractivity contribution < 1.29 is 23.1 Å². The Hall–Kier alpha value is -3.86. The lowest BCUT2D eigenvalue weighted by Gasteiger charge is -2.37. The van der Waals surface area contributed by atoms with Gasteiger partial charge in [-0.05, 0) is 61.5 Å². The van der Waals surface area contributed by atoms with Crippen LogP contribution < -0.4 is 14.4 Å². The molecule has 0 spiro atoms. The molecule has 1 atom stereocenters. The third-order valence-corrected chi connectivity index (χ3v) is 6.79. The monoisotopic (exact) mass is 483 g/mol. The molecule has 1 fully saturated rings. The van der Waals surface area contributed by atoms with E-state index in [4.69, 9.17) is 4.74 Å². The number of phenols is 1. The lowest BCUT2D eigenvalue weighted by atomic mass is 10.2. The number of piperazine rings is 1. The first kappa shape index (κ1) is 23.3. The third kappa shape index (κ3) is 5.54. The molecule has 2 heterocycles. The van der Waals surface area contributed by atoms with Crippen LogP contribution in [0.4, 0.5) is 11.5 Å². The normalized spacial score (nSPS) is 15.0. The molecular weight excluding hydrogens is 458 g/mol. The Morgan fingerprint density at radius 2 is 1.71 bits per heavy atom. The molecule has 178 valence electrons. The van der Waals surface area contributed by atoms with E-state index in [1.54, 1.807) is 48.2 Å². The Balaban J connectivity index is 1.32. The highest BCUT2D eigenvalue weighted by Crippen LogP contribution is 2.22. The second-order valence-electron chi connectivity index (χ2n) is 7.76. The molecule has 10 nitrogen and oxygen atoms in total. The molecule has 0 bridgehead atoms. The summed E-state index contributed by atoms with van der Waals surface area (Å²) in [7, 11) is -3.76. The van der Waals surface area contributed by atoms with Crippen molar-refractivity contribution in [2.75, 3.05) is 35.8 Å². The number of amides is 1. The van der Waals surface area contributed by atoms with Crippen molar-refractivity contribution in [3.63, 3.8) is 0 Å². The molecule has 1 aromatic heterocycles. The maximum atomic E-state index is 12.8.